The second-order valence-electron chi connectivity index (χ2n) is 9.61. The molecule has 1 aliphatic carbocycles. The zero-order valence-corrected chi connectivity index (χ0v) is 20.4. The third kappa shape index (κ3) is 7.09. The van der Waals surface area contributed by atoms with Gasteiger partial charge in [0.05, 0.1) is 12.1 Å². The first kappa shape index (κ1) is 26.7. The predicted octanol–water partition coefficient (Wildman–Crippen LogP) is 3.37. The van der Waals surface area contributed by atoms with Crippen molar-refractivity contribution in [3.05, 3.63) is 71.3 Å². The summed E-state index contributed by atoms with van der Waals surface area (Å²) >= 11 is 0. The molecule has 2 aromatic rings. The van der Waals surface area contributed by atoms with Gasteiger partial charge in [0.15, 0.2) is 0 Å². The van der Waals surface area contributed by atoms with Crippen LogP contribution in [-0.4, -0.2) is 60.4 Å². The topological polar surface area (TPSA) is 90.5 Å². The molecular weight excluding hydrogens is 485 g/mol. The Bertz CT molecular complexity index is 1110. The fraction of sp³-hybridized carbons (Fsp3) is 0.444. The number of hydrogen-bond donors (Lipinski definition) is 3. The summed E-state index contributed by atoms with van der Waals surface area (Å²) in [6.45, 7) is 1.09. The van der Waals surface area contributed by atoms with Crippen molar-refractivity contribution in [1.29, 1.82) is 0 Å². The summed E-state index contributed by atoms with van der Waals surface area (Å²) in [4.78, 5) is 39.7. The molecule has 2 aliphatic rings. The van der Waals surface area contributed by atoms with Crippen molar-refractivity contribution in [3.8, 4) is 0 Å². The smallest absolute Gasteiger partial charge is 0.350 e. The molecule has 10 heteroatoms. The van der Waals surface area contributed by atoms with Crippen LogP contribution in [-0.2, 0) is 11.0 Å². The Morgan fingerprint density at radius 2 is 1.59 bits per heavy atom. The van der Waals surface area contributed by atoms with Gasteiger partial charge < -0.3 is 16.0 Å². The standard InChI is InChI=1S/C27H31F3N4O3/c28-27(29,30)20-10-6-9-19(15-20)25(36)31-16-24(35)32-21-13-14-34(17-21)23-12-5-4-11-22(23)33-26(37)18-7-2-1-3-8-18/h1-3,6-10,15,21-23H,4-5,11-14,16-17H2,(H,31,36)(H,32,35)(H,33,37)/t21?,22-,23+/m1/s1. The number of rotatable bonds is 7. The largest absolute Gasteiger partial charge is 0.416 e. The Hall–Kier alpha value is -3.40. The molecule has 0 radical (unpaired) electrons. The molecule has 2 fully saturated rings. The summed E-state index contributed by atoms with van der Waals surface area (Å²) < 4.78 is 38.6. The van der Waals surface area contributed by atoms with Gasteiger partial charge in [-0.05, 0) is 49.6 Å². The third-order valence-electron chi connectivity index (χ3n) is 7.00. The van der Waals surface area contributed by atoms with Gasteiger partial charge in [-0.25, -0.2) is 0 Å². The van der Waals surface area contributed by atoms with E-state index in [0.29, 0.717) is 12.1 Å². The number of alkyl halides is 3. The van der Waals surface area contributed by atoms with Gasteiger partial charge in [-0.2, -0.15) is 13.2 Å². The van der Waals surface area contributed by atoms with E-state index in [9.17, 15) is 27.6 Å². The molecule has 0 spiro atoms. The van der Waals surface area contributed by atoms with Crippen LogP contribution in [0.5, 0.6) is 0 Å². The van der Waals surface area contributed by atoms with E-state index in [0.717, 1.165) is 56.8 Å². The summed E-state index contributed by atoms with van der Waals surface area (Å²) in [5.74, 6) is -1.23. The van der Waals surface area contributed by atoms with Crippen LogP contribution in [0.15, 0.2) is 54.6 Å². The molecule has 0 bridgehead atoms. The molecule has 3 atom stereocenters. The molecule has 3 N–H and O–H groups in total. The van der Waals surface area contributed by atoms with E-state index in [4.69, 9.17) is 0 Å². The van der Waals surface area contributed by atoms with E-state index >= 15 is 0 Å². The first-order valence-electron chi connectivity index (χ1n) is 12.6. The lowest BCUT2D eigenvalue weighted by Gasteiger charge is -2.38. The second-order valence-corrected chi connectivity index (χ2v) is 9.61. The highest BCUT2D eigenvalue weighted by atomic mass is 19.4. The van der Waals surface area contributed by atoms with Crippen LogP contribution in [0.1, 0.15) is 58.4 Å². The highest BCUT2D eigenvalue weighted by Crippen LogP contribution is 2.29. The maximum atomic E-state index is 12.9. The fourth-order valence-corrected chi connectivity index (χ4v) is 5.14. The second kappa shape index (κ2) is 11.8. The van der Waals surface area contributed by atoms with E-state index < -0.39 is 23.6 Å². The van der Waals surface area contributed by atoms with Crippen LogP contribution < -0.4 is 16.0 Å². The fourth-order valence-electron chi connectivity index (χ4n) is 5.14. The quantitative estimate of drug-likeness (QED) is 0.527. The molecule has 1 saturated heterocycles. The number of nitrogens with zero attached hydrogens (tertiary/aromatic N) is 1. The maximum Gasteiger partial charge on any atom is 0.416 e. The molecule has 3 amide bonds. The lowest BCUT2D eigenvalue weighted by atomic mass is 9.89. The first-order valence-corrected chi connectivity index (χ1v) is 12.6. The van der Waals surface area contributed by atoms with Gasteiger partial charge >= 0.3 is 6.18 Å². The van der Waals surface area contributed by atoms with Gasteiger partial charge in [-0.15, -0.1) is 0 Å². The Labute approximate surface area is 213 Å². The Morgan fingerprint density at radius 3 is 2.35 bits per heavy atom. The molecule has 37 heavy (non-hydrogen) atoms. The van der Waals surface area contributed by atoms with Crippen LogP contribution >= 0.6 is 0 Å². The van der Waals surface area contributed by atoms with Crippen molar-refractivity contribution < 1.29 is 27.6 Å². The van der Waals surface area contributed by atoms with Crippen LogP contribution in [0.3, 0.4) is 0 Å². The van der Waals surface area contributed by atoms with E-state index in [2.05, 4.69) is 20.9 Å². The number of amides is 3. The zero-order chi connectivity index (χ0) is 26.4. The minimum Gasteiger partial charge on any atom is -0.350 e. The monoisotopic (exact) mass is 516 g/mol. The van der Waals surface area contributed by atoms with E-state index in [-0.39, 0.29) is 36.1 Å². The molecule has 198 valence electrons. The Morgan fingerprint density at radius 1 is 0.865 bits per heavy atom. The summed E-state index contributed by atoms with van der Waals surface area (Å²) in [5.41, 5.74) is -0.447. The molecule has 4 rings (SSSR count). The summed E-state index contributed by atoms with van der Waals surface area (Å²) in [7, 11) is 0. The summed E-state index contributed by atoms with van der Waals surface area (Å²) in [6, 6.07) is 13.3. The van der Waals surface area contributed by atoms with Gasteiger partial charge in [0.1, 0.15) is 0 Å². The number of nitrogens with one attached hydrogen (secondary N) is 3. The summed E-state index contributed by atoms with van der Waals surface area (Å²) in [5, 5.41) is 8.49. The molecule has 1 saturated carbocycles. The molecule has 7 nitrogen and oxygen atoms in total. The molecule has 1 heterocycles. The van der Waals surface area contributed by atoms with Gasteiger partial charge in [0.25, 0.3) is 11.8 Å². The van der Waals surface area contributed by atoms with Crippen molar-refractivity contribution >= 4 is 17.7 Å². The van der Waals surface area contributed by atoms with Crippen molar-refractivity contribution in [2.24, 2.45) is 0 Å². The molecule has 1 unspecified atom stereocenters. The van der Waals surface area contributed by atoms with Gasteiger partial charge in [0.2, 0.25) is 5.91 Å². The maximum absolute atomic E-state index is 12.9. The van der Waals surface area contributed by atoms with Gasteiger partial charge in [-0.1, -0.05) is 37.1 Å². The normalized spacial score (nSPS) is 22.3. The highest BCUT2D eigenvalue weighted by Gasteiger charge is 2.36. The number of halogens is 3. The van der Waals surface area contributed by atoms with Crippen LogP contribution in [0.25, 0.3) is 0 Å². The summed E-state index contributed by atoms with van der Waals surface area (Å²) in [6.07, 6.45) is 0.186. The number of hydrogen-bond acceptors (Lipinski definition) is 4. The Kier molecular flexibility index (Phi) is 8.48. The molecule has 1 aliphatic heterocycles. The average molecular weight is 517 g/mol. The van der Waals surface area contributed by atoms with Gasteiger partial charge in [0, 0.05) is 42.3 Å². The number of benzene rings is 2. The lowest BCUT2D eigenvalue weighted by molar-refractivity contribution is -0.137. The minimum atomic E-state index is -4.55. The van der Waals surface area contributed by atoms with Crippen molar-refractivity contribution in [3.63, 3.8) is 0 Å². The lowest BCUT2D eigenvalue weighted by Crippen LogP contribution is -2.53. The van der Waals surface area contributed by atoms with Crippen LogP contribution in [0, 0.1) is 0 Å². The average Bonchev–Trinajstić information content (AvgIpc) is 3.35. The number of carbonyl (C=O) groups excluding carboxylic acids is 3. The van der Waals surface area contributed by atoms with Crippen molar-refractivity contribution in [2.75, 3.05) is 19.6 Å². The minimum absolute atomic E-state index is 0.0302. The van der Waals surface area contributed by atoms with E-state index in [1.165, 1.54) is 6.07 Å². The van der Waals surface area contributed by atoms with E-state index in [1.807, 2.05) is 18.2 Å². The Balaban J connectivity index is 1.26. The predicted molar refractivity (Wildman–Crippen MR) is 132 cm³/mol. The van der Waals surface area contributed by atoms with E-state index in [1.54, 1.807) is 12.1 Å². The number of carbonyl (C=O) groups is 3. The molecule has 2 aromatic carbocycles. The van der Waals surface area contributed by atoms with Gasteiger partial charge in [-0.3, -0.25) is 19.3 Å². The van der Waals surface area contributed by atoms with Crippen LogP contribution in [0.4, 0.5) is 13.2 Å². The highest BCUT2D eigenvalue weighted by molar-refractivity contribution is 5.96. The zero-order valence-electron chi connectivity index (χ0n) is 20.4. The molecule has 0 aromatic heterocycles. The first-order chi connectivity index (χ1) is 17.7. The van der Waals surface area contributed by atoms with Crippen molar-refractivity contribution in [1.82, 2.24) is 20.9 Å². The van der Waals surface area contributed by atoms with Crippen molar-refractivity contribution in [2.45, 2.75) is 56.4 Å². The van der Waals surface area contributed by atoms with Crippen LogP contribution in [0.2, 0.25) is 0 Å². The molecular formula is C27H31F3N4O3. The SMILES string of the molecule is O=C(CNC(=O)c1cccc(C(F)(F)F)c1)NC1CCN([C@H]2CCCC[C@H]2NC(=O)c2ccccc2)C1. The third-order valence-corrected chi connectivity index (χ3v) is 7.00. The number of likely N-dealkylation sites (tertiary alicyclic amines) is 1.